The number of rotatable bonds is 7. The van der Waals surface area contributed by atoms with E-state index in [0.29, 0.717) is 11.7 Å². The summed E-state index contributed by atoms with van der Waals surface area (Å²) in [6.07, 6.45) is 7.61. The Morgan fingerprint density at radius 3 is 2.84 bits per heavy atom. The third kappa shape index (κ3) is 4.93. The number of anilines is 1. The zero-order valence-electron chi connectivity index (χ0n) is 12.4. The van der Waals surface area contributed by atoms with Crippen molar-refractivity contribution in [1.29, 1.82) is 0 Å². The van der Waals surface area contributed by atoms with E-state index in [2.05, 4.69) is 29.0 Å². The van der Waals surface area contributed by atoms with Crippen molar-refractivity contribution in [3.8, 4) is 0 Å². The number of ether oxygens (including phenoxy) is 1. The number of unbranched alkanes of at least 4 members (excludes halogenated alkanes) is 3. The van der Waals surface area contributed by atoms with E-state index in [9.17, 15) is 4.79 Å². The zero-order valence-corrected chi connectivity index (χ0v) is 12.4. The van der Waals surface area contributed by atoms with Gasteiger partial charge in [0.1, 0.15) is 0 Å². The Hall–Kier alpha value is -1.52. The maximum Gasteiger partial charge on any atom is 0.412 e. The molecule has 0 spiro atoms. The van der Waals surface area contributed by atoms with Gasteiger partial charge in [0, 0.05) is 18.8 Å². The summed E-state index contributed by atoms with van der Waals surface area (Å²) in [4.78, 5) is 11.3. The fraction of sp³-hybridized carbons (Fsp3) is 0.714. The van der Waals surface area contributed by atoms with Crippen molar-refractivity contribution >= 4 is 11.9 Å². The third-order valence-corrected chi connectivity index (χ3v) is 3.28. The second-order valence-corrected chi connectivity index (χ2v) is 4.97. The minimum absolute atomic E-state index is 0.387. The number of hydrogen-bond donors (Lipinski definition) is 1. The predicted octanol–water partition coefficient (Wildman–Crippen LogP) is 3.67. The number of hydrogen-bond acceptors (Lipinski definition) is 3. The molecule has 0 saturated heterocycles. The second kappa shape index (κ2) is 7.81. The third-order valence-electron chi connectivity index (χ3n) is 3.28. The molecule has 1 unspecified atom stereocenters. The Bertz CT molecular complexity index is 401. The van der Waals surface area contributed by atoms with Gasteiger partial charge in [0.15, 0.2) is 5.82 Å². The molecule has 0 saturated carbocycles. The van der Waals surface area contributed by atoms with Gasteiger partial charge in [0.05, 0.1) is 7.11 Å². The molecule has 0 bridgehead atoms. The molecular formula is C14H25N3O2. The fourth-order valence-electron chi connectivity index (χ4n) is 2.15. The van der Waals surface area contributed by atoms with Crippen LogP contribution in [-0.4, -0.2) is 23.0 Å². The van der Waals surface area contributed by atoms with Gasteiger partial charge >= 0.3 is 6.09 Å². The Kier molecular flexibility index (Phi) is 6.39. The first kappa shape index (κ1) is 15.5. The molecule has 108 valence electrons. The van der Waals surface area contributed by atoms with E-state index in [1.165, 1.54) is 32.8 Å². The summed E-state index contributed by atoms with van der Waals surface area (Å²) in [5, 5.41) is 6.94. The van der Waals surface area contributed by atoms with Crippen LogP contribution in [0.3, 0.4) is 0 Å². The molecule has 1 aromatic heterocycles. The first-order chi connectivity index (χ1) is 9.08. The molecule has 0 aromatic carbocycles. The molecule has 1 heterocycles. The van der Waals surface area contributed by atoms with Crippen LogP contribution < -0.4 is 5.32 Å². The van der Waals surface area contributed by atoms with Gasteiger partial charge in [0.2, 0.25) is 0 Å². The smallest absolute Gasteiger partial charge is 0.412 e. The number of aryl methyl sites for hydroxylation is 1. The number of nitrogens with one attached hydrogen (secondary N) is 1. The van der Waals surface area contributed by atoms with Gasteiger partial charge in [-0.25, -0.2) is 4.79 Å². The molecule has 0 aliphatic heterocycles. The van der Waals surface area contributed by atoms with Crippen LogP contribution in [0.5, 0.6) is 0 Å². The lowest BCUT2D eigenvalue weighted by Gasteiger charge is -2.11. The number of aromatic nitrogens is 2. The molecule has 19 heavy (non-hydrogen) atoms. The molecule has 0 radical (unpaired) electrons. The van der Waals surface area contributed by atoms with Crippen molar-refractivity contribution in [1.82, 2.24) is 9.78 Å². The van der Waals surface area contributed by atoms with Crippen molar-refractivity contribution in [3.05, 3.63) is 11.8 Å². The van der Waals surface area contributed by atoms with Gasteiger partial charge < -0.3 is 4.74 Å². The molecule has 1 atom stereocenters. The summed E-state index contributed by atoms with van der Waals surface area (Å²) >= 11 is 0. The van der Waals surface area contributed by atoms with Gasteiger partial charge in [-0.05, 0) is 12.3 Å². The van der Waals surface area contributed by atoms with Crippen LogP contribution >= 0.6 is 0 Å². The van der Waals surface area contributed by atoms with Gasteiger partial charge in [-0.2, -0.15) is 5.10 Å². The Labute approximate surface area is 115 Å². The molecular weight excluding hydrogens is 242 g/mol. The molecule has 0 fully saturated rings. The van der Waals surface area contributed by atoms with Crippen molar-refractivity contribution in [2.75, 3.05) is 12.4 Å². The molecule has 1 aromatic rings. The lowest BCUT2D eigenvalue weighted by molar-refractivity contribution is 0.186. The summed E-state index contributed by atoms with van der Waals surface area (Å²) < 4.78 is 6.34. The Morgan fingerprint density at radius 1 is 1.47 bits per heavy atom. The summed E-state index contributed by atoms with van der Waals surface area (Å²) in [5.74, 6) is 0.995. The second-order valence-electron chi connectivity index (χ2n) is 4.97. The first-order valence-corrected chi connectivity index (χ1v) is 6.97. The molecule has 5 nitrogen and oxygen atoms in total. The van der Waals surface area contributed by atoms with Crippen LogP contribution in [0.2, 0.25) is 0 Å². The number of carbonyl (C=O) groups excluding carboxylic acids is 1. The molecule has 5 heteroatoms. The normalized spacial score (nSPS) is 12.2. The van der Waals surface area contributed by atoms with Gasteiger partial charge in [-0.3, -0.25) is 10.00 Å². The SMILES string of the molecule is CCCCCCC(C)c1cn(C)nc1NC(=O)OC. The number of methoxy groups -OCH3 is 1. The molecule has 1 amide bonds. The molecule has 1 rings (SSSR count). The van der Waals surface area contributed by atoms with Crippen molar-refractivity contribution in [2.24, 2.45) is 7.05 Å². The predicted molar refractivity (Wildman–Crippen MR) is 76.4 cm³/mol. The highest BCUT2D eigenvalue weighted by Gasteiger charge is 2.16. The summed E-state index contributed by atoms with van der Waals surface area (Å²) in [6.45, 7) is 4.38. The Morgan fingerprint density at radius 2 is 2.21 bits per heavy atom. The maximum atomic E-state index is 11.3. The number of carbonyl (C=O) groups is 1. The van der Waals surface area contributed by atoms with Gasteiger partial charge in [0.25, 0.3) is 0 Å². The van der Waals surface area contributed by atoms with Crippen molar-refractivity contribution in [2.45, 2.75) is 51.9 Å². The van der Waals surface area contributed by atoms with Crippen LogP contribution in [0, 0.1) is 0 Å². The van der Waals surface area contributed by atoms with Crippen molar-refractivity contribution in [3.63, 3.8) is 0 Å². The lowest BCUT2D eigenvalue weighted by atomic mass is 9.96. The zero-order chi connectivity index (χ0) is 14.3. The quantitative estimate of drug-likeness (QED) is 0.767. The summed E-state index contributed by atoms with van der Waals surface area (Å²) in [6, 6.07) is 0. The van der Waals surface area contributed by atoms with Crippen molar-refractivity contribution < 1.29 is 9.53 Å². The van der Waals surface area contributed by atoms with E-state index >= 15 is 0 Å². The van der Waals surface area contributed by atoms with E-state index in [4.69, 9.17) is 0 Å². The lowest BCUT2D eigenvalue weighted by Crippen LogP contribution is -2.13. The van der Waals surface area contributed by atoms with Crippen LogP contribution in [0.4, 0.5) is 10.6 Å². The average Bonchev–Trinajstić information content (AvgIpc) is 2.75. The van der Waals surface area contributed by atoms with E-state index in [0.717, 1.165) is 12.0 Å². The highest BCUT2D eigenvalue weighted by atomic mass is 16.5. The first-order valence-electron chi connectivity index (χ1n) is 6.97. The van der Waals surface area contributed by atoms with E-state index in [1.807, 2.05) is 13.2 Å². The average molecular weight is 267 g/mol. The number of amides is 1. The fourth-order valence-corrected chi connectivity index (χ4v) is 2.15. The highest BCUT2D eigenvalue weighted by Crippen LogP contribution is 2.27. The molecule has 1 N–H and O–H groups in total. The minimum atomic E-state index is -0.474. The number of nitrogens with zero attached hydrogens (tertiary/aromatic N) is 2. The highest BCUT2D eigenvalue weighted by molar-refractivity contribution is 5.84. The van der Waals surface area contributed by atoms with E-state index < -0.39 is 6.09 Å². The largest absolute Gasteiger partial charge is 0.453 e. The van der Waals surface area contributed by atoms with E-state index in [1.54, 1.807) is 4.68 Å². The Balaban J connectivity index is 2.62. The minimum Gasteiger partial charge on any atom is -0.453 e. The van der Waals surface area contributed by atoms with Gasteiger partial charge in [-0.1, -0.05) is 39.5 Å². The summed E-state index contributed by atoms with van der Waals surface area (Å²) in [7, 11) is 3.21. The van der Waals surface area contributed by atoms with Crippen LogP contribution in [0.1, 0.15) is 57.4 Å². The van der Waals surface area contributed by atoms with Crippen LogP contribution in [-0.2, 0) is 11.8 Å². The molecule has 0 aliphatic carbocycles. The maximum absolute atomic E-state index is 11.3. The summed E-state index contributed by atoms with van der Waals surface area (Å²) in [5.41, 5.74) is 1.07. The standard InChI is InChI=1S/C14H25N3O2/c1-5-6-7-8-9-11(2)12-10-17(3)16-13(12)15-14(18)19-4/h10-11H,5-9H2,1-4H3,(H,15,16,18). The topological polar surface area (TPSA) is 56.2 Å². The van der Waals surface area contributed by atoms with Crippen LogP contribution in [0.15, 0.2) is 6.20 Å². The van der Waals surface area contributed by atoms with Crippen LogP contribution in [0.25, 0.3) is 0 Å². The molecule has 0 aliphatic rings. The monoisotopic (exact) mass is 267 g/mol. The van der Waals surface area contributed by atoms with E-state index in [-0.39, 0.29) is 0 Å². The van der Waals surface area contributed by atoms with Gasteiger partial charge in [-0.15, -0.1) is 0 Å².